The summed E-state index contributed by atoms with van der Waals surface area (Å²) in [5.41, 5.74) is 0. The Labute approximate surface area is 225 Å². The molecular formula is C28H64O7S. The van der Waals surface area contributed by atoms with Gasteiger partial charge in [-0.1, -0.05) is 129 Å². The van der Waals surface area contributed by atoms with E-state index in [1.54, 1.807) is 13.8 Å². The molecule has 0 aliphatic carbocycles. The molecule has 36 heavy (non-hydrogen) atoms. The average molecular weight is 545 g/mol. The van der Waals surface area contributed by atoms with Gasteiger partial charge in [-0.15, -0.1) is 0 Å². The molecule has 0 aliphatic rings. The molecule has 0 saturated carbocycles. The molecule has 0 bridgehead atoms. The van der Waals surface area contributed by atoms with Crippen LogP contribution < -0.4 is 0 Å². The minimum absolute atomic E-state index is 0.250. The maximum absolute atomic E-state index is 8.74. The molecule has 0 heterocycles. The van der Waals surface area contributed by atoms with Gasteiger partial charge in [-0.2, -0.15) is 8.42 Å². The second-order valence-electron chi connectivity index (χ2n) is 9.06. The van der Waals surface area contributed by atoms with Gasteiger partial charge in [0, 0.05) is 26.4 Å². The lowest BCUT2D eigenvalue weighted by molar-refractivity contribution is 0.125. The lowest BCUT2D eigenvalue weighted by Crippen LogP contribution is -1.97. The van der Waals surface area contributed by atoms with Crippen molar-refractivity contribution in [3.63, 3.8) is 0 Å². The Morgan fingerprint density at radius 3 is 0.806 bits per heavy atom. The van der Waals surface area contributed by atoms with E-state index in [1.807, 2.05) is 0 Å². The third kappa shape index (κ3) is 76.5. The molecule has 0 atom stereocenters. The van der Waals surface area contributed by atoms with E-state index in [-0.39, 0.29) is 13.2 Å². The van der Waals surface area contributed by atoms with Crippen molar-refractivity contribution in [1.82, 2.24) is 0 Å². The summed E-state index contributed by atoms with van der Waals surface area (Å²) < 4.78 is 37.4. The minimum Gasteiger partial charge on any atom is -0.397 e. The van der Waals surface area contributed by atoms with Gasteiger partial charge in [0.05, 0.1) is 0 Å². The van der Waals surface area contributed by atoms with Gasteiger partial charge in [0.25, 0.3) is 0 Å². The van der Waals surface area contributed by atoms with Crippen molar-refractivity contribution in [3.05, 3.63) is 0 Å². The summed E-state index contributed by atoms with van der Waals surface area (Å²) in [5, 5.41) is 15.1. The first-order valence-corrected chi connectivity index (χ1v) is 16.1. The summed E-state index contributed by atoms with van der Waals surface area (Å²) in [6.07, 6.45) is 28.2. The van der Waals surface area contributed by atoms with Crippen molar-refractivity contribution in [2.24, 2.45) is 0 Å². The highest BCUT2D eigenvalue weighted by Gasteiger charge is 1.95. The van der Waals surface area contributed by atoms with Crippen LogP contribution in [-0.2, 0) is 15.1 Å². The van der Waals surface area contributed by atoms with Crippen LogP contribution in [0.2, 0.25) is 0 Å². The van der Waals surface area contributed by atoms with Crippen molar-refractivity contribution < 1.29 is 32.5 Å². The third-order valence-corrected chi connectivity index (χ3v) is 5.28. The molecule has 0 unspecified atom stereocenters. The monoisotopic (exact) mass is 544 g/mol. The van der Waals surface area contributed by atoms with E-state index in [0.29, 0.717) is 0 Å². The lowest BCUT2D eigenvalue weighted by Gasteiger charge is -2.05. The fourth-order valence-corrected chi connectivity index (χ4v) is 3.49. The second-order valence-corrected chi connectivity index (χ2v) is 9.95. The number of rotatable bonds is 22. The number of aliphatic hydroxyl groups excluding tert-OH is 2. The SMILES string of the molecule is CCCCCCCCCCCCOCCCCCCCCCCCC.CCO.CCO.O=S(=O)(O)O. The summed E-state index contributed by atoms with van der Waals surface area (Å²) in [5.74, 6) is 0. The molecule has 0 amide bonds. The molecule has 0 aromatic heterocycles. The van der Waals surface area contributed by atoms with Gasteiger partial charge in [-0.3, -0.25) is 9.11 Å². The van der Waals surface area contributed by atoms with E-state index in [2.05, 4.69) is 13.8 Å². The van der Waals surface area contributed by atoms with Crippen molar-refractivity contribution in [1.29, 1.82) is 0 Å². The molecule has 0 aromatic rings. The van der Waals surface area contributed by atoms with Gasteiger partial charge in [0.2, 0.25) is 0 Å². The van der Waals surface area contributed by atoms with E-state index >= 15 is 0 Å². The Hall–Kier alpha value is -0.250. The van der Waals surface area contributed by atoms with E-state index in [9.17, 15) is 0 Å². The first-order chi connectivity index (χ1) is 17.2. The number of hydrogen-bond donors (Lipinski definition) is 4. The summed E-state index contributed by atoms with van der Waals surface area (Å²) in [6, 6.07) is 0. The Balaban J connectivity index is -0.000000389. The predicted octanol–water partition coefficient (Wildman–Crippen LogP) is 8.19. The molecule has 8 heteroatoms. The molecule has 224 valence electrons. The molecule has 0 aromatic carbocycles. The molecule has 0 radical (unpaired) electrons. The summed E-state index contributed by atoms with van der Waals surface area (Å²) in [4.78, 5) is 0. The van der Waals surface area contributed by atoms with E-state index in [1.165, 1.54) is 128 Å². The Bertz CT molecular complexity index is 400. The molecule has 0 spiro atoms. The predicted molar refractivity (Wildman–Crippen MR) is 154 cm³/mol. The van der Waals surface area contributed by atoms with E-state index in [0.717, 1.165) is 13.2 Å². The number of aliphatic hydroxyl groups is 2. The van der Waals surface area contributed by atoms with Crippen LogP contribution in [0.5, 0.6) is 0 Å². The maximum Gasteiger partial charge on any atom is 0.394 e. The van der Waals surface area contributed by atoms with Crippen molar-refractivity contribution in [2.45, 2.75) is 156 Å². The van der Waals surface area contributed by atoms with Crippen LogP contribution in [-0.4, -0.2) is 54.2 Å². The highest BCUT2D eigenvalue weighted by atomic mass is 32.3. The Kier molecular flexibility index (Phi) is 49.8. The maximum atomic E-state index is 8.74. The number of unbranched alkanes of at least 4 members (excludes halogenated alkanes) is 18. The summed E-state index contributed by atoms with van der Waals surface area (Å²) >= 11 is 0. The highest BCUT2D eigenvalue weighted by molar-refractivity contribution is 7.79. The zero-order chi connectivity index (χ0) is 28.2. The van der Waals surface area contributed by atoms with Crippen LogP contribution in [0.25, 0.3) is 0 Å². The smallest absolute Gasteiger partial charge is 0.394 e. The zero-order valence-corrected chi connectivity index (χ0v) is 25.2. The Morgan fingerprint density at radius 1 is 0.444 bits per heavy atom. The van der Waals surface area contributed by atoms with Gasteiger partial charge in [-0.05, 0) is 26.7 Å². The van der Waals surface area contributed by atoms with Crippen LogP contribution >= 0.6 is 0 Å². The molecule has 7 nitrogen and oxygen atoms in total. The van der Waals surface area contributed by atoms with Crippen LogP contribution in [0.4, 0.5) is 0 Å². The fraction of sp³-hybridized carbons (Fsp3) is 1.00. The van der Waals surface area contributed by atoms with Gasteiger partial charge in [0.1, 0.15) is 0 Å². The van der Waals surface area contributed by atoms with Gasteiger partial charge in [0.15, 0.2) is 0 Å². The zero-order valence-electron chi connectivity index (χ0n) is 24.4. The van der Waals surface area contributed by atoms with Gasteiger partial charge in [-0.25, -0.2) is 0 Å². The van der Waals surface area contributed by atoms with E-state index < -0.39 is 10.4 Å². The number of hydrogen-bond acceptors (Lipinski definition) is 5. The van der Waals surface area contributed by atoms with Crippen LogP contribution in [0.1, 0.15) is 156 Å². The Morgan fingerprint density at radius 2 is 0.611 bits per heavy atom. The van der Waals surface area contributed by atoms with Crippen LogP contribution in [0, 0.1) is 0 Å². The topological polar surface area (TPSA) is 124 Å². The standard InChI is InChI=1S/C24H50O.2C2H6O.H2O4S/c1-3-5-7-9-11-13-15-17-19-21-23-25-24-22-20-18-16-14-12-10-8-6-4-2;2*1-2-3;1-5(2,3)4/h3-24H2,1-2H3;2*3H,2H2,1H3;(H2,1,2,3,4). The summed E-state index contributed by atoms with van der Waals surface area (Å²) in [6.45, 7) is 10.4. The average Bonchev–Trinajstić information content (AvgIpc) is 2.80. The van der Waals surface area contributed by atoms with Gasteiger partial charge >= 0.3 is 10.4 Å². The molecule has 0 rings (SSSR count). The normalized spacial score (nSPS) is 10.4. The highest BCUT2D eigenvalue weighted by Crippen LogP contribution is 2.12. The minimum atomic E-state index is -4.67. The van der Waals surface area contributed by atoms with Crippen molar-refractivity contribution in [2.75, 3.05) is 26.4 Å². The fourth-order valence-electron chi connectivity index (χ4n) is 3.49. The second kappa shape index (κ2) is 41.9. The van der Waals surface area contributed by atoms with Crippen molar-refractivity contribution in [3.8, 4) is 0 Å². The lowest BCUT2D eigenvalue weighted by atomic mass is 10.1. The first-order valence-electron chi connectivity index (χ1n) is 14.7. The van der Waals surface area contributed by atoms with Crippen LogP contribution in [0.3, 0.4) is 0 Å². The largest absolute Gasteiger partial charge is 0.397 e. The summed E-state index contributed by atoms with van der Waals surface area (Å²) in [7, 11) is -4.67. The third-order valence-electron chi connectivity index (χ3n) is 5.28. The number of ether oxygens (including phenoxy) is 1. The van der Waals surface area contributed by atoms with Gasteiger partial charge < -0.3 is 14.9 Å². The molecular weight excluding hydrogens is 480 g/mol. The van der Waals surface area contributed by atoms with Crippen LogP contribution in [0.15, 0.2) is 0 Å². The molecule has 4 N–H and O–H groups in total. The molecule has 0 saturated heterocycles. The van der Waals surface area contributed by atoms with E-state index in [4.69, 9.17) is 32.5 Å². The quantitative estimate of drug-likeness (QED) is 0.0799. The molecule has 0 fully saturated rings. The molecule has 0 aliphatic heterocycles. The first kappa shape index (κ1) is 42.8. The van der Waals surface area contributed by atoms with Crippen molar-refractivity contribution >= 4 is 10.4 Å².